The molecule has 1 N–H and O–H groups in total. The van der Waals surface area contributed by atoms with Crippen molar-refractivity contribution < 1.29 is 5.11 Å². The van der Waals surface area contributed by atoms with Gasteiger partial charge in [0, 0.05) is 12.4 Å². The van der Waals surface area contributed by atoms with E-state index in [0.717, 1.165) is 0 Å². The topological polar surface area (TPSA) is 98.0 Å². The van der Waals surface area contributed by atoms with Crippen molar-refractivity contribution in [1.82, 2.24) is 15.4 Å². The van der Waals surface area contributed by atoms with Crippen molar-refractivity contribution in [2.24, 2.45) is 15.3 Å². The molecule has 100 valence electrons. The predicted octanol–water partition coefficient (Wildman–Crippen LogP) is 0.150. The number of pyridine rings is 2. The minimum Gasteiger partial charge on any atom is -0.844 e. The van der Waals surface area contributed by atoms with Crippen molar-refractivity contribution in [1.29, 1.82) is 0 Å². The summed E-state index contributed by atoms with van der Waals surface area (Å²) in [5.41, 5.74) is 3.45. The molecule has 7 nitrogen and oxygen atoms in total. The van der Waals surface area contributed by atoms with Crippen LogP contribution in [-0.2, 0) is 0 Å². The van der Waals surface area contributed by atoms with E-state index in [1.807, 2.05) is 12.1 Å². The van der Waals surface area contributed by atoms with Crippen LogP contribution in [0.25, 0.3) is 0 Å². The average Bonchev–Trinajstić information content (AvgIpc) is 2.49. The van der Waals surface area contributed by atoms with E-state index >= 15 is 0 Å². The van der Waals surface area contributed by atoms with Crippen molar-refractivity contribution in [3.63, 3.8) is 0 Å². The van der Waals surface area contributed by atoms with Gasteiger partial charge < -0.3 is 5.11 Å². The number of nitrogens with zero attached hydrogens (tertiary/aromatic N) is 5. The zero-order valence-corrected chi connectivity index (χ0v) is 10.4. The van der Waals surface area contributed by atoms with Crippen LogP contribution in [0.15, 0.2) is 64.1 Å². The fraction of sp³-hybridized carbons (Fsp3) is 0. The van der Waals surface area contributed by atoms with E-state index in [1.165, 1.54) is 12.4 Å². The first-order chi connectivity index (χ1) is 9.84. The summed E-state index contributed by atoms with van der Waals surface area (Å²) in [4.78, 5) is 8.01. The van der Waals surface area contributed by atoms with Crippen LogP contribution in [0.4, 0.5) is 0 Å². The second kappa shape index (κ2) is 7.37. The molecule has 0 fully saturated rings. The van der Waals surface area contributed by atoms with Crippen LogP contribution < -0.4 is 10.5 Å². The zero-order chi connectivity index (χ0) is 14.0. The molecule has 0 saturated carbocycles. The van der Waals surface area contributed by atoms with Crippen molar-refractivity contribution >= 4 is 18.5 Å². The second-order valence-corrected chi connectivity index (χ2v) is 3.53. The maximum Gasteiger partial charge on any atom is 0.0984 e. The van der Waals surface area contributed by atoms with Crippen LogP contribution in [-0.4, -0.2) is 28.4 Å². The number of hydrazone groups is 1. The molecule has 0 amide bonds. The van der Waals surface area contributed by atoms with E-state index < -0.39 is 6.02 Å². The molecule has 2 aromatic heterocycles. The van der Waals surface area contributed by atoms with Gasteiger partial charge in [0.1, 0.15) is 0 Å². The molecule has 0 aliphatic carbocycles. The van der Waals surface area contributed by atoms with Crippen molar-refractivity contribution in [2.45, 2.75) is 0 Å². The van der Waals surface area contributed by atoms with Crippen LogP contribution in [0, 0.1) is 0 Å². The van der Waals surface area contributed by atoms with Gasteiger partial charge in [-0.1, -0.05) is 12.1 Å². The monoisotopic (exact) mass is 267 g/mol. The molecule has 2 aromatic rings. The molecule has 0 bridgehead atoms. The predicted molar refractivity (Wildman–Crippen MR) is 74.2 cm³/mol. The Balaban J connectivity index is 1.86. The van der Waals surface area contributed by atoms with E-state index in [9.17, 15) is 5.11 Å². The van der Waals surface area contributed by atoms with Crippen LogP contribution in [0.2, 0.25) is 0 Å². The lowest BCUT2D eigenvalue weighted by Gasteiger charge is -2.05. The summed E-state index contributed by atoms with van der Waals surface area (Å²) in [5.74, 6) is 0. The first-order valence-electron chi connectivity index (χ1n) is 5.74. The van der Waals surface area contributed by atoms with E-state index in [-0.39, 0.29) is 0 Å². The molecule has 20 heavy (non-hydrogen) atoms. The van der Waals surface area contributed by atoms with E-state index in [1.54, 1.807) is 36.7 Å². The second-order valence-electron chi connectivity index (χ2n) is 3.53. The first-order valence-corrected chi connectivity index (χ1v) is 5.74. The zero-order valence-electron chi connectivity index (χ0n) is 10.4. The van der Waals surface area contributed by atoms with Crippen LogP contribution in [0.3, 0.4) is 0 Å². The van der Waals surface area contributed by atoms with Crippen LogP contribution in [0.1, 0.15) is 11.4 Å². The molecule has 7 heteroatoms. The summed E-state index contributed by atoms with van der Waals surface area (Å²) in [6, 6.07) is 10.0. The van der Waals surface area contributed by atoms with Gasteiger partial charge in [0.25, 0.3) is 0 Å². The third-order valence-corrected chi connectivity index (χ3v) is 2.07. The summed E-state index contributed by atoms with van der Waals surface area (Å²) in [7, 11) is 0. The van der Waals surface area contributed by atoms with Gasteiger partial charge in [-0.2, -0.15) is 10.2 Å². The van der Waals surface area contributed by atoms with E-state index in [0.29, 0.717) is 11.4 Å². The SMILES string of the molecule is [O-]C(=NN=Cc1ccccn1)NN=Cc1ccccn1. The summed E-state index contributed by atoms with van der Waals surface area (Å²) < 4.78 is 0. The van der Waals surface area contributed by atoms with Gasteiger partial charge in [-0.05, 0) is 24.3 Å². The molecule has 0 atom stereocenters. The quantitative estimate of drug-likeness (QED) is 0.484. The molecule has 0 aliphatic heterocycles. The maximum atomic E-state index is 11.3. The van der Waals surface area contributed by atoms with E-state index in [2.05, 4.69) is 30.7 Å². The van der Waals surface area contributed by atoms with Gasteiger partial charge in [-0.25, -0.2) is 0 Å². The summed E-state index contributed by atoms with van der Waals surface area (Å²) in [5, 5.41) is 22.0. The fourth-order valence-corrected chi connectivity index (χ4v) is 1.22. The molecule has 0 radical (unpaired) electrons. The Kier molecular flexibility index (Phi) is 4.92. The molecule has 0 unspecified atom stereocenters. The highest BCUT2D eigenvalue weighted by Crippen LogP contribution is 1.89. The minimum absolute atomic E-state index is 0.612. The smallest absolute Gasteiger partial charge is 0.0984 e. The highest BCUT2D eigenvalue weighted by atomic mass is 16.3. The standard InChI is InChI=1S/C13H12N6O/c20-13(18-16-9-11-5-1-3-7-14-11)19-17-10-12-6-2-4-8-15-12/h1-10H,(H2,18,19,20)/p-1. The number of amidine groups is 1. The number of aromatic nitrogens is 2. The molecule has 2 rings (SSSR count). The third kappa shape index (κ3) is 4.65. The molecule has 0 saturated heterocycles. The molecule has 0 spiro atoms. The number of hydrogen-bond acceptors (Lipinski definition) is 6. The minimum atomic E-state index is -0.677. The van der Waals surface area contributed by atoms with Gasteiger partial charge >= 0.3 is 0 Å². The molecular formula is C13H11N6O-. The summed E-state index contributed by atoms with van der Waals surface area (Å²) >= 11 is 0. The van der Waals surface area contributed by atoms with Gasteiger partial charge in [0.15, 0.2) is 0 Å². The Bertz CT molecular complexity index is 609. The van der Waals surface area contributed by atoms with Crippen molar-refractivity contribution in [3.8, 4) is 0 Å². The molecule has 0 aliphatic rings. The van der Waals surface area contributed by atoms with Crippen LogP contribution in [0.5, 0.6) is 0 Å². The van der Waals surface area contributed by atoms with Crippen molar-refractivity contribution in [2.75, 3.05) is 0 Å². The van der Waals surface area contributed by atoms with Gasteiger partial charge in [-0.15, -0.1) is 5.10 Å². The average molecular weight is 267 g/mol. The highest BCUT2D eigenvalue weighted by molar-refractivity contribution is 5.79. The van der Waals surface area contributed by atoms with Crippen molar-refractivity contribution in [3.05, 3.63) is 60.2 Å². The normalized spacial score (nSPS) is 12.1. The largest absolute Gasteiger partial charge is 0.844 e. The maximum absolute atomic E-state index is 11.3. The Hall–Kier alpha value is -3.09. The number of nitrogens with one attached hydrogen (secondary N) is 1. The molecular weight excluding hydrogens is 256 g/mol. The highest BCUT2D eigenvalue weighted by Gasteiger charge is 1.85. The Morgan fingerprint density at radius 3 is 2.25 bits per heavy atom. The fourth-order valence-electron chi connectivity index (χ4n) is 1.22. The Morgan fingerprint density at radius 1 is 1.00 bits per heavy atom. The van der Waals surface area contributed by atoms with Crippen LogP contribution >= 0.6 is 0 Å². The first kappa shape index (κ1) is 13.3. The Labute approximate surface area is 115 Å². The van der Waals surface area contributed by atoms with Gasteiger partial charge in [-0.3, -0.25) is 15.4 Å². The molecule has 0 aromatic carbocycles. The lowest BCUT2D eigenvalue weighted by molar-refractivity contribution is -0.222. The lowest BCUT2D eigenvalue weighted by atomic mass is 10.4. The number of rotatable bonds is 4. The Morgan fingerprint density at radius 2 is 1.65 bits per heavy atom. The molecule has 2 heterocycles. The van der Waals surface area contributed by atoms with Gasteiger partial charge in [0.05, 0.1) is 29.8 Å². The summed E-state index contributed by atoms with van der Waals surface area (Å²) in [6.07, 6.45) is 6.04. The number of hydrogen-bond donors (Lipinski definition) is 1. The van der Waals surface area contributed by atoms with E-state index in [4.69, 9.17) is 0 Å². The van der Waals surface area contributed by atoms with Gasteiger partial charge in [0.2, 0.25) is 0 Å². The summed E-state index contributed by atoms with van der Waals surface area (Å²) in [6.45, 7) is 0. The third-order valence-electron chi connectivity index (χ3n) is 2.07. The lowest BCUT2D eigenvalue weighted by Crippen LogP contribution is -2.30.